The van der Waals surface area contributed by atoms with Gasteiger partial charge in [-0.3, -0.25) is 4.79 Å². The molecule has 0 saturated heterocycles. The number of carboxylic acid groups (broad SMARTS) is 1. The van der Waals surface area contributed by atoms with Crippen LogP contribution >= 0.6 is 0 Å². The van der Waals surface area contributed by atoms with Crippen LogP contribution in [0.2, 0.25) is 0 Å². The van der Waals surface area contributed by atoms with E-state index in [9.17, 15) is 14.7 Å². The average molecular weight is 312 g/mol. The predicted octanol–water partition coefficient (Wildman–Crippen LogP) is 1.68. The molecule has 23 heavy (non-hydrogen) atoms. The van der Waals surface area contributed by atoms with Gasteiger partial charge in [-0.2, -0.15) is 0 Å². The SMILES string of the molecule is CC1=C(C)C[C@@H](C(=O)N2CCc3ccccc3C2)[C@@H](C(=O)[O-])C1. The lowest BCUT2D eigenvalue weighted by Crippen LogP contribution is -2.47. The van der Waals surface area contributed by atoms with Gasteiger partial charge in [-0.15, -0.1) is 0 Å². The predicted molar refractivity (Wildman–Crippen MR) is 85.2 cm³/mol. The van der Waals surface area contributed by atoms with Crippen LogP contribution in [0, 0.1) is 11.8 Å². The van der Waals surface area contributed by atoms with E-state index in [1.165, 1.54) is 5.56 Å². The molecule has 1 aromatic rings. The van der Waals surface area contributed by atoms with E-state index in [0.29, 0.717) is 25.9 Å². The highest BCUT2D eigenvalue weighted by atomic mass is 16.4. The molecule has 0 unspecified atom stereocenters. The van der Waals surface area contributed by atoms with Crippen LogP contribution in [0.4, 0.5) is 0 Å². The second kappa shape index (κ2) is 6.19. The molecule has 0 spiro atoms. The molecule has 0 N–H and O–H groups in total. The fraction of sp³-hybridized carbons (Fsp3) is 0.474. The maximum Gasteiger partial charge on any atom is 0.226 e. The number of allylic oxidation sites excluding steroid dienone is 2. The fourth-order valence-electron chi connectivity index (χ4n) is 3.72. The van der Waals surface area contributed by atoms with Gasteiger partial charge in [0.2, 0.25) is 5.91 Å². The number of carboxylic acids is 1. The van der Waals surface area contributed by atoms with Gasteiger partial charge in [0, 0.05) is 25.0 Å². The number of nitrogens with zero attached hydrogens (tertiary/aromatic N) is 1. The van der Waals surface area contributed by atoms with Gasteiger partial charge >= 0.3 is 0 Å². The third-order valence-electron chi connectivity index (χ3n) is 5.33. The highest BCUT2D eigenvalue weighted by molar-refractivity contribution is 5.85. The van der Waals surface area contributed by atoms with E-state index < -0.39 is 17.8 Å². The molecule has 122 valence electrons. The Morgan fingerprint density at radius 1 is 1.04 bits per heavy atom. The van der Waals surface area contributed by atoms with Gasteiger partial charge in [-0.05, 0) is 44.2 Å². The number of amides is 1. The number of carbonyl (C=O) groups is 2. The lowest BCUT2D eigenvalue weighted by molar-refractivity contribution is -0.313. The summed E-state index contributed by atoms with van der Waals surface area (Å²) in [6.45, 7) is 5.18. The molecule has 0 radical (unpaired) electrons. The smallest absolute Gasteiger partial charge is 0.226 e. The molecular weight excluding hydrogens is 290 g/mol. The highest BCUT2D eigenvalue weighted by Crippen LogP contribution is 2.35. The minimum Gasteiger partial charge on any atom is -0.550 e. The lowest BCUT2D eigenvalue weighted by atomic mass is 9.75. The van der Waals surface area contributed by atoms with Crippen LogP contribution in [0.1, 0.15) is 37.8 Å². The third kappa shape index (κ3) is 3.03. The molecule has 4 heteroatoms. The van der Waals surface area contributed by atoms with Crippen molar-refractivity contribution in [3.63, 3.8) is 0 Å². The zero-order valence-corrected chi connectivity index (χ0v) is 13.7. The summed E-state index contributed by atoms with van der Waals surface area (Å²) in [6.07, 6.45) is 1.79. The average Bonchev–Trinajstić information content (AvgIpc) is 2.55. The van der Waals surface area contributed by atoms with E-state index in [0.717, 1.165) is 23.1 Å². The van der Waals surface area contributed by atoms with E-state index >= 15 is 0 Å². The molecule has 2 atom stereocenters. The van der Waals surface area contributed by atoms with Crippen LogP contribution in [0.5, 0.6) is 0 Å². The standard InChI is InChI=1S/C19H23NO3/c1-12-9-16(17(19(22)23)10-13(12)2)18(21)20-8-7-14-5-3-4-6-15(14)11-20/h3-6,16-17H,7-11H2,1-2H3,(H,22,23)/p-1/t16-,17+/m1/s1. The largest absolute Gasteiger partial charge is 0.550 e. The van der Waals surface area contributed by atoms with Crippen LogP contribution in [0.25, 0.3) is 0 Å². The van der Waals surface area contributed by atoms with Gasteiger partial charge in [0.15, 0.2) is 0 Å². The summed E-state index contributed by atoms with van der Waals surface area (Å²) in [6, 6.07) is 8.13. The van der Waals surface area contributed by atoms with Crippen molar-refractivity contribution in [1.82, 2.24) is 4.90 Å². The van der Waals surface area contributed by atoms with Gasteiger partial charge in [-0.1, -0.05) is 35.4 Å². The normalized spacial score (nSPS) is 24.3. The van der Waals surface area contributed by atoms with E-state index in [1.807, 2.05) is 36.9 Å². The quantitative estimate of drug-likeness (QED) is 0.781. The Kier molecular flexibility index (Phi) is 4.24. The third-order valence-corrected chi connectivity index (χ3v) is 5.33. The summed E-state index contributed by atoms with van der Waals surface area (Å²) < 4.78 is 0. The van der Waals surface area contributed by atoms with Gasteiger partial charge in [0.1, 0.15) is 0 Å². The van der Waals surface area contributed by atoms with Gasteiger partial charge < -0.3 is 14.8 Å². The van der Waals surface area contributed by atoms with E-state index in [-0.39, 0.29) is 5.91 Å². The second-order valence-corrected chi connectivity index (χ2v) is 6.78. The monoisotopic (exact) mass is 312 g/mol. The molecule has 3 rings (SSSR count). The van der Waals surface area contributed by atoms with Crippen LogP contribution in [-0.4, -0.2) is 23.3 Å². The molecule has 4 nitrogen and oxygen atoms in total. The van der Waals surface area contributed by atoms with E-state index in [2.05, 4.69) is 6.07 Å². The molecule has 1 aliphatic carbocycles. The van der Waals surface area contributed by atoms with E-state index in [4.69, 9.17) is 0 Å². The summed E-state index contributed by atoms with van der Waals surface area (Å²) in [5.41, 5.74) is 4.66. The van der Waals surface area contributed by atoms with Crippen molar-refractivity contribution in [2.75, 3.05) is 6.54 Å². The van der Waals surface area contributed by atoms with Crippen LogP contribution in [0.15, 0.2) is 35.4 Å². The van der Waals surface area contributed by atoms with Crippen molar-refractivity contribution in [3.8, 4) is 0 Å². The Morgan fingerprint density at radius 3 is 2.30 bits per heavy atom. The minimum atomic E-state index is -1.10. The Balaban J connectivity index is 1.81. The first-order valence-corrected chi connectivity index (χ1v) is 8.19. The Bertz CT molecular complexity index is 677. The molecule has 0 aromatic heterocycles. The van der Waals surface area contributed by atoms with Crippen molar-refractivity contribution in [2.45, 2.75) is 39.7 Å². The number of hydrogen-bond donors (Lipinski definition) is 0. The first-order valence-electron chi connectivity index (χ1n) is 8.19. The summed E-state index contributed by atoms with van der Waals surface area (Å²) in [5, 5.41) is 11.5. The molecule has 0 saturated carbocycles. The lowest BCUT2D eigenvalue weighted by Gasteiger charge is -2.38. The maximum atomic E-state index is 12.9. The Hall–Kier alpha value is -2.10. The summed E-state index contributed by atoms with van der Waals surface area (Å²) in [4.78, 5) is 26.3. The second-order valence-electron chi connectivity index (χ2n) is 6.78. The van der Waals surface area contributed by atoms with Crippen LogP contribution < -0.4 is 5.11 Å². The maximum absolute atomic E-state index is 12.9. The number of carbonyl (C=O) groups excluding carboxylic acids is 2. The topological polar surface area (TPSA) is 60.4 Å². The molecular formula is C19H22NO3-. The number of aliphatic carboxylic acids is 1. The number of benzene rings is 1. The Labute approximate surface area is 136 Å². The van der Waals surface area contributed by atoms with Gasteiger partial charge in [0.25, 0.3) is 0 Å². The molecule has 1 aromatic carbocycles. The van der Waals surface area contributed by atoms with Gasteiger partial charge in [-0.25, -0.2) is 0 Å². The number of fused-ring (bicyclic) bond motifs is 1. The zero-order chi connectivity index (χ0) is 16.6. The van der Waals surface area contributed by atoms with Crippen molar-refractivity contribution in [2.24, 2.45) is 11.8 Å². The summed E-state index contributed by atoms with van der Waals surface area (Å²) in [5.74, 6) is -2.34. The van der Waals surface area contributed by atoms with Crippen LogP contribution in [0.3, 0.4) is 0 Å². The van der Waals surface area contributed by atoms with Crippen molar-refractivity contribution >= 4 is 11.9 Å². The van der Waals surface area contributed by atoms with E-state index in [1.54, 1.807) is 0 Å². The molecule has 0 fully saturated rings. The molecule has 1 aliphatic heterocycles. The fourth-order valence-corrected chi connectivity index (χ4v) is 3.72. The summed E-state index contributed by atoms with van der Waals surface area (Å²) in [7, 11) is 0. The molecule has 0 bridgehead atoms. The molecule has 1 amide bonds. The minimum absolute atomic E-state index is 0.0412. The Morgan fingerprint density at radius 2 is 1.65 bits per heavy atom. The molecule has 2 aliphatic rings. The highest BCUT2D eigenvalue weighted by Gasteiger charge is 2.36. The van der Waals surface area contributed by atoms with Crippen molar-refractivity contribution in [3.05, 3.63) is 46.5 Å². The molecule has 1 heterocycles. The first-order chi connectivity index (χ1) is 11.0. The van der Waals surface area contributed by atoms with Crippen molar-refractivity contribution < 1.29 is 14.7 Å². The number of hydrogen-bond acceptors (Lipinski definition) is 3. The number of rotatable bonds is 2. The first kappa shape index (κ1) is 15.8. The van der Waals surface area contributed by atoms with Crippen molar-refractivity contribution in [1.29, 1.82) is 0 Å². The summed E-state index contributed by atoms with van der Waals surface area (Å²) >= 11 is 0. The van der Waals surface area contributed by atoms with Gasteiger partial charge in [0.05, 0.1) is 5.92 Å². The van der Waals surface area contributed by atoms with Crippen LogP contribution in [-0.2, 0) is 22.6 Å². The zero-order valence-electron chi connectivity index (χ0n) is 13.7.